The van der Waals surface area contributed by atoms with Crippen LogP contribution in [0.25, 0.3) is 50.6 Å². The molecule has 0 fully saturated rings. The summed E-state index contributed by atoms with van der Waals surface area (Å²) in [7, 11) is 0. The number of rotatable bonds is 5. The van der Waals surface area contributed by atoms with Crippen LogP contribution in [0.1, 0.15) is 28.7 Å². The molecule has 0 spiro atoms. The SMILES string of the molecule is N#CC(C#N)=C1c2nc(-c3ccc(F)cc3)c(-c3ccc(F)cc3)nc2C(C(C#N)C#N)c2nc(-c3ccc(F)cc3)c(-c3ccc(F)cc3)nc21. The topological polar surface area (TPSA) is 147 Å². The number of hydrogen-bond donors (Lipinski definition) is 0. The van der Waals surface area contributed by atoms with Crippen LogP contribution >= 0.6 is 0 Å². The van der Waals surface area contributed by atoms with Crippen molar-refractivity contribution in [3.63, 3.8) is 0 Å². The Kier molecular flexibility index (Phi) is 8.50. The summed E-state index contributed by atoms with van der Waals surface area (Å²) in [4.78, 5) is 19.6. The Morgan fingerprint density at radius 2 is 0.731 bits per heavy atom. The van der Waals surface area contributed by atoms with E-state index in [9.17, 15) is 38.6 Å². The summed E-state index contributed by atoms with van der Waals surface area (Å²) in [5.74, 6) is -4.86. The van der Waals surface area contributed by atoms with Gasteiger partial charge in [0.1, 0.15) is 46.9 Å². The van der Waals surface area contributed by atoms with E-state index in [1.165, 1.54) is 97.1 Å². The van der Waals surface area contributed by atoms with Crippen LogP contribution in [0.3, 0.4) is 0 Å². The standard InChI is InChI=1S/C40H18F4N8/c41-27-9-1-21(2-10-27)33-34(22-3-11-28(42)12-4-22)50-38-32(26(19-47)20-48)40-39(31(37(38)49-33)25(17-45)18-46)51-35(23-5-13-29(43)14-6-23)36(52-40)24-7-15-30(44)16-8-24/h1-16,25,31H. The van der Waals surface area contributed by atoms with Gasteiger partial charge in [-0.3, -0.25) is 0 Å². The average Bonchev–Trinajstić information content (AvgIpc) is 3.16. The third kappa shape index (κ3) is 5.77. The van der Waals surface area contributed by atoms with Gasteiger partial charge < -0.3 is 0 Å². The van der Waals surface area contributed by atoms with Crippen molar-refractivity contribution in [1.29, 1.82) is 21.0 Å². The lowest BCUT2D eigenvalue weighted by Crippen LogP contribution is -2.26. The first-order valence-corrected chi connectivity index (χ1v) is 15.5. The van der Waals surface area contributed by atoms with Gasteiger partial charge in [-0.05, 0) is 97.1 Å². The highest BCUT2D eigenvalue weighted by Gasteiger charge is 2.42. The van der Waals surface area contributed by atoms with Crippen molar-refractivity contribution in [2.75, 3.05) is 0 Å². The highest BCUT2D eigenvalue weighted by molar-refractivity contribution is 5.92. The molecule has 8 nitrogen and oxygen atoms in total. The summed E-state index contributed by atoms with van der Waals surface area (Å²) in [6, 6.07) is 29.0. The summed E-state index contributed by atoms with van der Waals surface area (Å²) >= 11 is 0. The second-order valence-electron chi connectivity index (χ2n) is 11.5. The monoisotopic (exact) mass is 686 g/mol. The average molecular weight is 687 g/mol. The molecule has 2 aromatic heterocycles. The van der Waals surface area contributed by atoms with Gasteiger partial charge >= 0.3 is 0 Å². The predicted octanol–water partition coefficient (Wildman–Crippen LogP) is 8.45. The van der Waals surface area contributed by atoms with E-state index in [2.05, 4.69) is 0 Å². The first kappa shape index (κ1) is 33.0. The number of allylic oxidation sites excluding steroid dienone is 1. The molecule has 12 heteroatoms. The van der Waals surface area contributed by atoms with Crippen molar-refractivity contribution >= 4 is 5.57 Å². The lowest BCUT2D eigenvalue weighted by molar-refractivity contribution is 0.627. The molecule has 6 aromatic rings. The van der Waals surface area contributed by atoms with Gasteiger partial charge in [-0.1, -0.05) is 0 Å². The molecule has 0 aliphatic heterocycles. The minimum absolute atomic E-state index is 0.00215. The van der Waals surface area contributed by atoms with Crippen LogP contribution < -0.4 is 0 Å². The molecule has 0 saturated heterocycles. The number of halogens is 4. The van der Waals surface area contributed by atoms with Crippen LogP contribution in [0.15, 0.2) is 103 Å². The highest BCUT2D eigenvalue weighted by Crippen LogP contribution is 2.48. The summed E-state index contributed by atoms with van der Waals surface area (Å²) in [6.07, 6.45) is 0. The van der Waals surface area contributed by atoms with Gasteiger partial charge in [-0.2, -0.15) is 21.0 Å². The smallest absolute Gasteiger partial charge is 0.147 e. The first-order valence-electron chi connectivity index (χ1n) is 15.5. The van der Waals surface area contributed by atoms with Crippen LogP contribution in [0.2, 0.25) is 0 Å². The molecule has 0 bridgehead atoms. The van der Waals surface area contributed by atoms with Crippen molar-refractivity contribution in [3.8, 4) is 69.3 Å². The number of benzene rings is 4. The maximum Gasteiger partial charge on any atom is 0.147 e. The first-order chi connectivity index (χ1) is 25.2. The minimum atomic E-state index is -1.47. The highest BCUT2D eigenvalue weighted by atomic mass is 19.1. The zero-order chi connectivity index (χ0) is 36.5. The minimum Gasteiger partial charge on any atom is -0.247 e. The van der Waals surface area contributed by atoms with E-state index in [0.29, 0.717) is 22.3 Å². The van der Waals surface area contributed by atoms with E-state index in [1.807, 2.05) is 24.3 Å². The van der Waals surface area contributed by atoms with Crippen LogP contribution in [0.5, 0.6) is 0 Å². The number of fused-ring (bicyclic) bond motifs is 2. The molecule has 52 heavy (non-hydrogen) atoms. The molecule has 0 saturated carbocycles. The molecule has 1 aliphatic carbocycles. The number of hydrogen-bond acceptors (Lipinski definition) is 8. The van der Waals surface area contributed by atoms with E-state index in [4.69, 9.17) is 19.9 Å². The molecular weight excluding hydrogens is 668 g/mol. The number of nitriles is 4. The van der Waals surface area contributed by atoms with E-state index < -0.39 is 40.7 Å². The van der Waals surface area contributed by atoms with Gasteiger partial charge in [-0.25, -0.2) is 37.5 Å². The normalized spacial score (nSPS) is 12.9. The molecule has 7 rings (SSSR count). The zero-order valence-corrected chi connectivity index (χ0v) is 26.5. The summed E-state index contributed by atoms with van der Waals surface area (Å²) < 4.78 is 56.4. The molecule has 0 atom stereocenters. The van der Waals surface area contributed by atoms with Crippen LogP contribution in [0.4, 0.5) is 17.6 Å². The maximum atomic E-state index is 14.1. The van der Waals surface area contributed by atoms with Crippen molar-refractivity contribution in [2.24, 2.45) is 5.92 Å². The Labute approximate surface area is 293 Å². The summed E-state index contributed by atoms with van der Waals surface area (Å²) in [6.45, 7) is 0. The van der Waals surface area contributed by atoms with E-state index >= 15 is 0 Å². The molecule has 0 amide bonds. The van der Waals surface area contributed by atoms with Crippen molar-refractivity contribution in [3.05, 3.63) is 149 Å². The fraction of sp³-hybridized carbons (Fsp3) is 0.0500. The lowest BCUT2D eigenvalue weighted by Gasteiger charge is -2.30. The van der Waals surface area contributed by atoms with E-state index in [1.54, 1.807) is 0 Å². The van der Waals surface area contributed by atoms with Gasteiger partial charge in [0.2, 0.25) is 0 Å². The van der Waals surface area contributed by atoms with Gasteiger partial charge in [0.25, 0.3) is 0 Å². The van der Waals surface area contributed by atoms with Crippen LogP contribution in [-0.4, -0.2) is 19.9 Å². The van der Waals surface area contributed by atoms with Crippen molar-refractivity contribution in [2.45, 2.75) is 5.92 Å². The fourth-order valence-electron chi connectivity index (χ4n) is 6.04. The largest absolute Gasteiger partial charge is 0.247 e. The van der Waals surface area contributed by atoms with E-state index in [0.717, 1.165) is 0 Å². The molecule has 0 N–H and O–H groups in total. The molecular formula is C40H18F4N8. The Morgan fingerprint density at radius 3 is 1.00 bits per heavy atom. The Balaban J connectivity index is 1.64. The maximum absolute atomic E-state index is 14.1. The van der Waals surface area contributed by atoms with Crippen LogP contribution in [-0.2, 0) is 0 Å². The van der Waals surface area contributed by atoms with Gasteiger partial charge in [0.05, 0.1) is 69.2 Å². The lowest BCUT2D eigenvalue weighted by atomic mass is 9.77. The second-order valence-corrected chi connectivity index (χ2v) is 11.5. The van der Waals surface area contributed by atoms with Gasteiger partial charge in [-0.15, -0.1) is 0 Å². The number of nitrogens with zero attached hydrogens (tertiary/aromatic N) is 8. The second kappa shape index (κ2) is 13.4. The Bertz CT molecular complexity index is 2410. The molecule has 2 heterocycles. The zero-order valence-electron chi connectivity index (χ0n) is 26.5. The number of aromatic nitrogens is 4. The summed E-state index contributed by atoms with van der Waals surface area (Å²) in [5.41, 5.74) is 1.44. The fourth-order valence-corrected chi connectivity index (χ4v) is 6.04. The Morgan fingerprint density at radius 1 is 0.442 bits per heavy atom. The molecule has 1 aliphatic rings. The van der Waals surface area contributed by atoms with E-state index in [-0.39, 0.29) is 51.1 Å². The third-order valence-corrected chi connectivity index (χ3v) is 8.46. The molecule has 4 aromatic carbocycles. The van der Waals surface area contributed by atoms with Crippen molar-refractivity contribution < 1.29 is 17.6 Å². The van der Waals surface area contributed by atoms with Crippen molar-refractivity contribution in [1.82, 2.24) is 19.9 Å². The van der Waals surface area contributed by atoms with Crippen LogP contribution in [0, 0.1) is 74.5 Å². The predicted molar refractivity (Wildman–Crippen MR) is 179 cm³/mol. The van der Waals surface area contributed by atoms with Gasteiger partial charge in [0.15, 0.2) is 0 Å². The Hall–Kier alpha value is -7.54. The third-order valence-electron chi connectivity index (χ3n) is 8.46. The quantitative estimate of drug-likeness (QED) is 0.130. The molecule has 0 radical (unpaired) electrons. The summed E-state index contributed by atoms with van der Waals surface area (Å²) in [5, 5.41) is 41.1. The van der Waals surface area contributed by atoms with Gasteiger partial charge in [0, 0.05) is 22.3 Å². The molecule has 246 valence electrons. The molecule has 0 unspecified atom stereocenters.